The Balaban J connectivity index is 1.69. The van der Waals surface area contributed by atoms with Crippen LogP contribution >= 0.6 is 23.1 Å². The molecule has 0 atom stereocenters. The minimum atomic E-state index is -0.433. The molecular formula is C22H25N3O6S2. The minimum Gasteiger partial charge on any atom is -0.497 e. The highest BCUT2D eigenvalue weighted by atomic mass is 32.2. The van der Waals surface area contributed by atoms with Crippen molar-refractivity contribution in [2.75, 3.05) is 31.9 Å². The van der Waals surface area contributed by atoms with E-state index < -0.39 is 5.97 Å². The number of carbonyl (C=O) groups excluding carboxylic acids is 2. The van der Waals surface area contributed by atoms with Gasteiger partial charge in [0.2, 0.25) is 11.8 Å². The number of rotatable bonds is 10. The highest BCUT2D eigenvalue weighted by Crippen LogP contribution is 2.35. The summed E-state index contributed by atoms with van der Waals surface area (Å²) in [5.41, 5.74) is 1.94. The molecule has 0 aliphatic heterocycles. The van der Waals surface area contributed by atoms with E-state index >= 15 is 0 Å². The summed E-state index contributed by atoms with van der Waals surface area (Å²) in [4.78, 5) is 26.0. The van der Waals surface area contributed by atoms with E-state index in [9.17, 15) is 9.59 Å². The molecule has 0 radical (unpaired) electrons. The topological polar surface area (TPSA) is 113 Å². The number of aromatic nitrogens is 2. The van der Waals surface area contributed by atoms with E-state index in [1.54, 1.807) is 39.3 Å². The maximum atomic E-state index is 12.6. The Morgan fingerprint density at radius 1 is 1.12 bits per heavy atom. The average Bonchev–Trinajstić information content (AvgIpc) is 3.41. The molecule has 0 aliphatic rings. The van der Waals surface area contributed by atoms with Crippen molar-refractivity contribution in [2.24, 2.45) is 0 Å². The van der Waals surface area contributed by atoms with Crippen LogP contribution in [0.25, 0.3) is 11.5 Å². The van der Waals surface area contributed by atoms with Crippen LogP contribution in [0.15, 0.2) is 27.8 Å². The highest BCUT2D eigenvalue weighted by Gasteiger charge is 2.23. The largest absolute Gasteiger partial charge is 0.497 e. The van der Waals surface area contributed by atoms with Gasteiger partial charge in [-0.1, -0.05) is 18.7 Å². The van der Waals surface area contributed by atoms with Crippen LogP contribution in [-0.2, 0) is 16.0 Å². The molecule has 1 aromatic carbocycles. The van der Waals surface area contributed by atoms with Crippen LogP contribution in [0.4, 0.5) is 5.00 Å². The Morgan fingerprint density at radius 3 is 2.42 bits per heavy atom. The second-order valence-electron chi connectivity index (χ2n) is 6.73. The third-order valence-electron chi connectivity index (χ3n) is 4.63. The van der Waals surface area contributed by atoms with Crippen molar-refractivity contribution >= 4 is 40.0 Å². The lowest BCUT2D eigenvalue weighted by Gasteiger charge is -2.07. The molecule has 33 heavy (non-hydrogen) atoms. The molecule has 176 valence electrons. The lowest BCUT2D eigenvalue weighted by molar-refractivity contribution is -0.113. The van der Waals surface area contributed by atoms with Gasteiger partial charge in [-0.25, -0.2) is 4.79 Å². The Morgan fingerprint density at radius 2 is 1.82 bits per heavy atom. The highest BCUT2D eigenvalue weighted by molar-refractivity contribution is 7.99. The van der Waals surface area contributed by atoms with Gasteiger partial charge in [0.25, 0.3) is 5.22 Å². The number of carbonyl (C=O) groups is 2. The van der Waals surface area contributed by atoms with Crippen molar-refractivity contribution in [3.8, 4) is 23.0 Å². The normalized spacial score (nSPS) is 10.7. The molecule has 1 N–H and O–H groups in total. The van der Waals surface area contributed by atoms with Gasteiger partial charge in [0.15, 0.2) is 0 Å². The number of amides is 1. The van der Waals surface area contributed by atoms with E-state index in [1.165, 1.54) is 11.3 Å². The number of thiophene rings is 1. The zero-order valence-electron chi connectivity index (χ0n) is 19.0. The van der Waals surface area contributed by atoms with E-state index in [0.29, 0.717) is 34.0 Å². The number of ether oxygens (including phenoxy) is 3. The Kier molecular flexibility index (Phi) is 8.34. The lowest BCUT2D eigenvalue weighted by atomic mass is 10.1. The maximum absolute atomic E-state index is 12.6. The van der Waals surface area contributed by atoms with Gasteiger partial charge < -0.3 is 23.9 Å². The number of nitrogens with zero attached hydrogens (tertiary/aromatic N) is 2. The smallest absolute Gasteiger partial charge is 0.341 e. The van der Waals surface area contributed by atoms with Gasteiger partial charge in [0, 0.05) is 16.5 Å². The number of methoxy groups -OCH3 is 2. The van der Waals surface area contributed by atoms with Crippen LogP contribution < -0.4 is 14.8 Å². The SMILES string of the molecule is CCOC(=O)c1c(NC(=O)CSc2nnc(-c3cc(OC)cc(OC)c3)o2)sc(C)c1CC. The summed E-state index contributed by atoms with van der Waals surface area (Å²) in [5.74, 6) is 0.761. The second kappa shape index (κ2) is 11.2. The fourth-order valence-corrected chi connectivity index (χ4v) is 4.83. The maximum Gasteiger partial charge on any atom is 0.341 e. The zero-order valence-corrected chi connectivity index (χ0v) is 20.6. The first-order valence-electron chi connectivity index (χ1n) is 10.2. The Bertz CT molecular complexity index is 1120. The first kappa shape index (κ1) is 24.6. The van der Waals surface area contributed by atoms with Crippen LogP contribution in [0.1, 0.15) is 34.6 Å². The predicted molar refractivity (Wildman–Crippen MR) is 127 cm³/mol. The molecule has 0 fully saturated rings. The number of esters is 1. The zero-order chi connectivity index (χ0) is 24.0. The van der Waals surface area contributed by atoms with Gasteiger partial charge in [0.1, 0.15) is 16.5 Å². The molecule has 3 rings (SSSR count). The van der Waals surface area contributed by atoms with E-state index in [-0.39, 0.29) is 29.4 Å². The molecule has 3 aromatic rings. The molecule has 0 saturated heterocycles. The molecule has 9 nitrogen and oxygen atoms in total. The molecule has 0 saturated carbocycles. The van der Waals surface area contributed by atoms with Crippen molar-refractivity contribution in [3.05, 3.63) is 34.2 Å². The third kappa shape index (κ3) is 5.85. The summed E-state index contributed by atoms with van der Waals surface area (Å²) in [6, 6.07) is 5.23. The number of nitrogens with one attached hydrogen (secondary N) is 1. The van der Waals surface area contributed by atoms with E-state index in [4.69, 9.17) is 18.6 Å². The van der Waals surface area contributed by atoms with Gasteiger partial charge in [-0.15, -0.1) is 21.5 Å². The molecule has 0 unspecified atom stereocenters. The fourth-order valence-electron chi connectivity index (χ4n) is 3.12. The third-order valence-corrected chi connectivity index (χ3v) is 6.51. The Hall–Kier alpha value is -3.05. The molecule has 0 spiro atoms. The summed E-state index contributed by atoms with van der Waals surface area (Å²) in [7, 11) is 3.11. The first-order valence-corrected chi connectivity index (χ1v) is 12.0. The van der Waals surface area contributed by atoms with E-state index in [1.807, 2.05) is 13.8 Å². The van der Waals surface area contributed by atoms with Crippen LogP contribution in [0.2, 0.25) is 0 Å². The van der Waals surface area contributed by atoms with Crippen LogP contribution in [0.5, 0.6) is 11.5 Å². The van der Waals surface area contributed by atoms with E-state index in [0.717, 1.165) is 22.2 Å². The number of hydrogen-bond donors (Lipinski definition) is 1. The molecular weight excluding hydrogens is 466 g/mol. The van der Waals surface area contributed by atoms with Crippen LogP contribution in [0, 0.1) is 6.92 Å². The summed E-state index contributed by atoms with van der Waals surface area (Å²) in [5, 5.41) is 11.6. The molecule has 0 aliphatic carbocycles. The van der Waals surface area contributed by atoms with Crippen molar-refractivity contribution in [1.82, 2.24) is 10.2 Å². The molecule has 1 amide bonds. The van der Waals surface area contributed by atoms with Gasteiger partial charge in [-0.05, 0) is 38.0 Å². The molecule has 0 bridgehead atoms. The minimum absolute atomic E-state index is 0.0315. The standard InChI is InChI=1S/C22H25N3O6S2/c1-6-16-12(3)33-20(18(16)21(27)30-7-2)23-17(26)11-32-22-25-24-19(31-22)13-8-14(28-4)10-15(9-13)29-5/h8-10H,6-7,11H2,1-5H3,(H,23,26). The van der Waals surface area contributed by atoms with Crippen LogP contribution in [0.3, 0.4) is 0 Å². The molecule has 2 aromatic heterocycles. The predicted octanol–water partition coefficient (Wildman–Crippen LogP) is 4.59. The number of anilines is 1. The molecule has 2 heterocycles. The summed E-state index contributed by atoms with van der Waals surface area (Å²) < 4.78 is 21.4. The number of aryl methyl sites for hydroxylation is 1. The molecule has 11 heteroatoms. The number of hydrogen-bond acceptors (Lipinski definition) is 10. The van der Waals surface area contributed by atoms with Gasteiger partial charge in [0.05, 0.1) is 32.1 Å². The van der Waals surface area contributed by atoms with Gasteiger partial charge >= 0.3 is 5.97 Å². The van der Waals surface area contributed by atoms with Gasteiger partial charge in [-0.2, -0.15) is 0 Å². The van der Waals surface area contributed by atoms with E-state index in [2.05, 4.69) is 15.5 Å². The number of thioether (sulfide) groups is 1. The lowest BCUT2D eigenvalue weighted by Crippen LogP contribution is -2.16. The summed E-state index contributed by atoms with van der Waals surface area (Å²) >= 11 is 2.46. The van der Waals surface area contributed by atoms with Crippen molar-refractivity contribution in [3.63, 3.8) is 0 Å². The van der Waals surface area contributed by atoms with Crippen molar-refractivity contribution < 1.29 is 28.2 Å². The van der Waals surface area contributed by atoms with Crippen molar-refractivity contribution in [1.29, 1.82) is 0 Å². The fraction of sp³-hybridized carbons (Fsp3) is 0.364. The quantitative estimate of drug-likeness (QED) is 0.321. The number of benzene rings is 1. The Labute approximate surface area is 199 Å². The first-order chi connectivity index (χ1) is 15.9. The summed E-state index contributed by atoms with van der Waals surface area (Å²) in [6.45, 7) is 5.89. The summed E-state index contributed by atoms with van der Waals surface area (Å²) in [6.07, 6.45) is 0.668. The monoisotopic (exact) mass is 491 g/mol. The average molecular weight is 492 g/mol. The van der Waals surface area contributed by atoms with Crippen LogP contribution in [-0.4, -0.2) is 48.7 Å². The second-order valence-corrected chi connectivity index (χ2v) is 8.88. The van der Waals surface area contributed by atoms with Gasteiger partial charge in [-0.3, -0.25) is 4.79 Å². The van der Waals surface area contributed by atoms with Crippen molar-refractivity contribution in [2.45, 2.75) is 32.4 Å².